The molecule has 1 aromatic carbocycles. The summed E-state index contributed by atoms with van der Waals surface area (Å²) in [5.41, 5.74) is 1.17. The van der Waals surface area contributed by atoms with Crippen LogP contribution < -0.4 is 5.32 Å². The lowest BCUT2D eigenvalue weighted by atomic mass is 10.0. The van der Waals surface area contributed by atoms with Gasteiger partial charge in [0.1, 0.15) is 5.82 Å². The average molecular weight is 296 g/mol. The SMILES string of the molecule is CC(CNC(=O)c1nn(C)cc1Cl)c1ccc(F)cc1. The Balaban J connectivity index is 1.96. The van der Waals surface area contributed by atoms with Gasteiger partial charge in [0.2, 0.25) is 0 Å². The lowest BCUT2D eigenvalue weighted by molar-refractivity contribution is 0.0946. The molecule has 0 aliphatic carbocycles. The van der Waals surface area contributed by atoms with E-state index in [1.165, 1.54) is 16.8 Å². The van der Waals surface area contributed by atoms with Gasteiger partial charge < -0.3 is 5.32 Å². The molecule has 1 amide bonds. The summed E-state index contributed by atoms with van der Waals surface area (Å²) in [7, 11) is 1.70. The number of amides is 1. The highest BCUT2D eigenvalue weighted by Crippen LogP contribution is 2.16. The van der Waals surface area contributed by atoms with E-state index < -0.39 is 0 Å². The quantitative estimate of drug-likeness (QED) is 0.943. The van der Waals surface area contributed by atoms with Crippen molar-refractivity contribution in [3.8, 4) is 0 Å². The molecule has 0 fully saturated rings. The molecule has 1 N–H and O–H groups in total. The van der Waals surface area contributed by atoms with Crippen LogP contribution in [-0.2, 0) is 7.05 Å². The van der Waals surface area contributed by atoms with Crippen molar-refractivity contribution in [3.05, 3.63) is 52.6 Å². The van der Waals surface area contributed by atoms with Crippen molar-refractivity contribution in [2.24, 2.45) is 7.05 Å². The molecule has 0 saturated heterocycles. The molecule has 1 heterocycles. The molecule has 0 aliphatic heterocycles. The zero-order valence-electron chi connectivity index (χ0n) is 11.2. The molecule has 106 valence electrons. The van der Waals surface area contributed by atoms with Crippen LogP contribution in [0, 0.1) is 5.82 Å². The molecule has 0 saturated carbocycles. The molecule has 0 aliphatic rings. The van der Waals surface area contributed by atoms with Crippen LogP contribution in [0.3, 0.4) is 0 Å². The maximum atomic E-state index is 12.8. The van der Waals surface area contributed by atoms with Crippen LogP contribution in [-0.4, -0.2) is 22.2 Å². The molecule has 0 spiro atoms. The summed E-state index contributed by atoms with van der Waals surface area (Å²) in [6.45, 7) is 2.38. The molecule has 0 bridgehead atoms. The summed E-state index contributed by atoms with van der Waals surface area (Å²) < 4.78 is 14.3. The van der Waals surface area contributed by atoms with Gasteiger partial charge in [-0.2, -0.15) is 5.10 Å². The second kappa shape index (κ2) is 6.05. The van der Waals surface area contributed by atoms with Crippen molar-refractivity contribution in [3.63, 3.8) is 0 Å². The lowest BCUT2D eigenvalue weighted by Crippen LogP contribution is -2.28. The molecule has 2 rings (SSSR count). The highest BCUT2D eigenvalue weighted by Gasteiger charge is 2.15. The normalized spacial score (nSPS) is 12.2. The Morgan fingerprint density at radius 1 is 1.45 bits per heavy atom. The molecule has 1 unspecified atom stereocenters. The molecule has 20 heavy (non-hydrogen) atoms. The van der Waals surface area contributed by atoms with Crippen molar-refractivity contribution in [1.29, 1.82) is 0 Å². The summed E-state index contributed by atoms with van der Waals surface area (Å²) in [6, 6.07) is 6.23. The second-order valence-electron chi connectivity index (χ2n) is 4.66. The maximum Gasteiger partial charge on any atom is 0.273 e. The van der Waals surface area contributed by atoms with Crippen molar-refractivity contribution in [1.82, 2.24) is 15.1 Å². The van der Waals surface area contributed by atoms with Crippen LogP contribution in [0.4, 0.5) is 4.39 Å². The van der Waals surface area contributed by atoms with E-state index in [1.807, 2.05) is 6.92 Å². The van der Waals surface area contributed by atoms with Crippen molar-refractivity contribution >= 4 is 17.5 Å². The summed E-state index contributed by atoms with van der Waals surface area (Å²) in [5, 5.41) is 7.09. The number of benzene rings is 1. The van der Waals surface area contributed by atoms with Crippen LogP contribution in [0.15, 0.2) is 30.5 Å². The molecule has 1 aromatic heterocycles. The van der Waals surface area contributed by atoms with E-state index >= 15 is 0 Å². The summed E-state index contributed by atoms with van der Waals surface area (Å²) in [4.78, 5) is 11.9. The first-order valence-corrected chi connectivity index (χ1v) is 6.58. The number of aromatic nitrogens is 2. The third-order valence-electron chi connectivity index (χ3n) is 3.01. The Morgan fingerprint density at radius 2 is 2.10 bits per heavy atom. The first-order valence-electron chi connectivity index (χ1n) is 6.20. The molecular weight excluding hydrogens is 281 g/mol. The number of hydrogen-bond donors (Lipinski definition) is 1. The van der Waals surface area contributed by atoms with Gasteiger partial charge in [-0.25, -0.2) is 4.39 Å². The Kier molecular flexibility index (Phi) is 4.39. The zero-order chi connectivity index (χ0) is 14.7. The van der Waals surface area contributed by atoms with E-state index in [2.05, 4.69) is 10.4 Å². The van der Waals surface area contributed by atoms with E-state index in [0.717, 1.165) is 5.56 Å². The third kappa shape index (κ3) is 3.36. The predicted octanol–water partition coefficient (Wildman–Crippen LogP) is 2.75. The molecule has 0 radical (unpaired) electrons. The Hall–Kier alpha value is -1.88. The number of nitrogens with one attached hydrogen (secondary N) is 1. The fourth-order valence-corrected chi connectivity index (χ4v) is 2.12. The van der Waals surface area contributed by atoms with Crippen molar-refractivity contribution < 1.29 is 9.18 Å². The fraction of sp³-hybridized carbons (Fsp3) is 0.286. The Bertz CT molecular complexity index is 609. The Labute approximate surface area is 121 Å². The van der Waals surface area contributed by atoms with Gasteiger partial charge in [0, 0.05) is 19.8 Å². The predicted molar refractivity (Wildman–Crippen MR) is 75.4 cm³/mol. The number of carbonyl (C=O) groups is 1. The van der Waals surface area contributed by atoms with E-state index in [-0.39, 0.29) is 23.3 Å². The first-order chi connectivity index (χ1) is 9.47. The molecule has 1 atom stereocenters. The van der Waals surface area contributed by atoms with Crippen LogP contribution >= 0.6 is 11.6 Å². The highest BCUT2D eigenvalue weighted by atomic mass is 35.5. The van der Waals surface area contributed by atoms with Gasteiger partial charge in [0.25, 0.3) is 5.91 Å². The average Bonchev–Trinajstić information content (AvgIpc) is 2.75. The van der Waals surface area contributed by atoms with Crippen LogP contribution in [0.5, 0.6) is 0 Å². The fourth-order valence-electron chi connectivity index (χ4n) is 1.85. The maximum absolute atomic E-state index is 12.8. The van der Waals surface area contributed by atoms with E-state index in [4.69, 9.17) is 11.6 Å². The van der Waals surface area contributed by atoms with Gasteiger partial charge in [0.15, 0.2) is 5.69 Å². The second-order valence-corrected chi connectivity index (χ2v) is 5.07. The van der Waals surface area contributed by atoms with Gasteiger partial charge in [-0.1, -0.05) is 30.7 Å². The molecule has 2 aromatic rings. The lowest BCUT2D eigenvalue weighted by Gasteiger charge is -2.12. The van der Waals surface area contributed by atoms with Crippen LogP contribution in [0.1, 0.15) is 28.9 Å². The smallest absolute Gasteiger partial charge is 0.273 e. The standard InChI is InChI=1S/C14H15ClFN3O/c1-9(10-3-5-11(16)6-4-10)7-17-14(20)13-12(15)8-19(2)18-13/h3-6,8-9H,7H2,1-2H3,(H,17,20). The zero-order valence-corrected chi connectivity index (χ0v) is 12.0. The first kappa shape index (κ1) is 14.5. The molecular formula is C14H15ClFN3O. The van der Waals surface area contributed by atoms with Gasteiger partial charge in [0.05, 0.1) is 5.02 Å². The van der Waals surface area contributed by atoms with Gasteiger partial charge in [-0.05, 0) is 23.6 Å². The van der Waals surface area contributed by atoms with Crippen LogP contribution in [0.2, 0.25) is 5.02 Å². The van der Waals surface area contributed by atoms with Crippen LogP contribution in [0.25, 0.3) is 0 Å². The molecule has 6 heteroatoms. The highest BCUT2D eigenvalue weighted by molar-refractivity contribution is 6.33. The Morgan fingerprint density at radius 3 is 2.65 bits per heavy atom. The molecule has 4 nitrogen and oxygen atoms in total. The third-order valence-corrected chi connectivity index (χ3v) is 3.28. The number of rotatable bonds is 4. The number of hydrogen-bond acceptors (Lipinski definition) is 2. The minimum absolute atomic E-state index is 0.0713. The van der Waals surface area contributed by atoms with Gasteiger partial charge in [-0.3, -0.25) is 9.48 Å². The topological polar surface area (TPSA) is 46.9 Å². The largest absolute Gasteiger partial charge is 0.350 e. The minimum atomic E-state index is -0.315. The van der Waals surface area contributed by atoms with E-state index in [0.29, 0.717) is 11.6 Å². The van der Waals surface area contributed by atoms with Gasteiger partial charge in [-0.15, -0.1) is 0 Å². The number of aryl methyl sites for hydroxylation is 1. The summed E-state index contributed by atoms with van der Waals surface area (Å²) in [5.74, 6) is -0.517. The van der Waals surface area contributed by atoms with E-state index in [1.54, 1.807) is 25.4 Å². The monoisotopic (exact) mass is 295 g/mol. The summed E-state index contributed by atoms with van der Waals surface area (Å²) in [6.07, 6.45) is 1.57. The van der Waals surface area contributed by atoms with Gasteiger partial charge >= 0.3 is 0 Å². The minimum Gasteiger partial charge on any atom is -0.350 e. The van der Waals surface area contributed by atoms with Crippen molar-refractivity contribution in [2.75, 3.05) is 6.54 Å². The van der Waals surface area contributed by atoms with E-state index in [9.17, 15) is 9.18 Å². The number of carbonyl (C=O) groups excluding carboxylic acids is 1. The number of halogens is 2. The number of nitrogens with zero attached hydrogens (tertiary/aromatic N) is 2. The summed E-state index contributed by atoms with van der Waals surface area (Å²) >= 11 is 5.90. The van der Waals surface area contributed by atoms with Crippen molar-refractivity contribution in [2.45, 2.75) is 12.8 Å².